The lowest BCUT2D eigenvalue weighted by Crippen LogP contribution is -2.16. The van der Waals surface area contributed by atoms with Gasteiger partial charge in [0, 0.05) is 14.0 Å². The maximum Gasteiger partial charge on any atom is 0.411 e. The molecule has 0 aliphatic carbocycles. The van der Waals surface area contributed by atoms with E-state index in [-0.39, 0.29) is 5.90 Å². The number of primary amides is 1. The minimum atomic E-state index is -0.826. The van der Waals surface area contributed by atoms with Gasteiger partial charge in [0.25, 0.3) is 0 Å². The molecule has 0 bridgehead atoms. The summed E-state index contributed by atoms with van der Waals surface area (Å²) in [4.78, 5) is 13.4. The average molecular weight is 116 g/mol. The van der Waals surface area contributed by atoms with E-state index < -0.39 is 6.09 Å². The lowest BCUT2D eigenvalue weighted by Gasteiger charge is -1.94. The summed E-state index contributed by atoms with van der Waals surface area (Å²) in [6, 6.07) is 0. The lowest BCUT2D eigenvalue weighted by atomic mass is 10.8. The van der Waals surface area contributed by atoms with Crippen molar-refractivity contribution in [2.75, 3.05) is 7.05 Å². The first-order valence-electron chi connectivity index (χ1n) is 2.07. The Morgan fingerprint density at radius 2 is 2.25 bits per heavy atom. The highest BCUT2D eigenvalue weighted by Crippen LogP contribution is 1.76. The summed E-state index contributed by atoms with van der Waals surface area (Å²) in [7, 11) is 1.51. The molecule has 0 atom stereocenters. The fraction of sp³-hybridized carbons (Fsp3) is 0.500. The van der Waals surface area contributed by atoms with Crippen LogP contribution in [0.2, 0.25) is 0 Å². The molecule has 0 saturated heterocycles. The predicted molar refractivity (Wildman–Crippen MR) is 29.7 cm³/mol. The second-order valence-electron chi connectivity index (χ2n) is 1.16. The van der Waals surface area contributed by atoms with Gasteiger partial charge in [-0.05, 0) is 0 Å². The highest BCUT2D eigenvalue weighted by atomic mass is 16.6. The van der Waals surface area contributed by atoms with Crippen molar-refractivity contribution in [3.63, 3.8) is 0 Å². The third-order valence-corrected chi connectivity index (χ3v) is 0.563. The van der Waals surface area contributed by atoms with Crippen molar-refractivity contribution in [1.82, 2.24) is 0 Å². The average Bonchev–Trinajstić information content (AvgIpc) is 1.65. The van der Waals surface area contributed by atoms with Gasteiger partial charge in [-0.1, -0.05) is 0 Å². The van der Waals surface area contributed by atoms with Crippen molar-refractivity contribution in [2.45, 2.75) is 6.92 Å². The van der Waals surface area contributed by atoms with Gasteiger partial charge in [0.1, 0.15) is 0 Å². The molecule has 46 valence electrons. The summed E-state index contributed by atoms with van der Waals surface area (Å²) in [5.41, 5.74) is 4.63. The van der Waals surface area contributed by atoms with Crippen LogP contribution in [-0.4, -0.2) is 19.0 Å². The third-order valence-electron chi connectivity index (χ3n) is 0.563. The number of nitrogens with two attached hydrogens (primary N) is 1. The van der Waals surface area contributed by atoms with E-state index in [9.17, 15) is 4.79 Å². The Bertz CT molecular complexity index is 119. The summed E-state index contributed by atoms with van der Waals surface area (Å²) >= 11 is 0. The first kappa shape index (κ1) is 6.94. The second-order valence-corrected chi connectivity index (χ2v) is 1.16. The zero-order chi connectivity index (χ0) is 6.57. The second kappa shape index (κ2) is 3.01. The van der Waals surface area contributed by atoms with E-state index in [1.165, 1.54) is 7.05 Å². The number of hydrogen-bond acceptors (Lipinski definition) is 3. The minimum Gasteiger partial charge on any atom is -0.396 e. The van der Waals surface area contributed by atoms with Gasteiger partial charge in [-0.3, -0.25) is 4.99 Å². The van der Waals surface area contributed by atoms with Gasteiger partial charge >= 0.3 is 6.09 Å². The van der Waals surface area contributed by atoms with Crippen LogP contribution in [0.1, 0.15) is 6.92 Å². The molecule has 0 aromatic rings. The first-order valence-corrected chi connectivity index (χ1v) is 2.07. The summed E-state index contributed by atoms with van der Waals surface area (Å²) in [6.07, 6.45) is -0.826. The molecule has 1 amide bonds. The van der Waals surface area contributed by atoms with E-state index in [4.69, 9.17) is 0 Å². The zero-order valence-corrected chi connectivity index (χ0v) is 4.84. The molecule has 2 N–H and O–H groups in total. The van der Waals surface area contributed by atoms with Crippen molar-refractivity contribution in [3.8, 4) is 0 Å². The highest BCUT2D eigenvalue weighted by Gasteiger charge is 1.92. The molecule has 0 saturated carbocycles. The molecule has 0 heterocycles. The van der Waals surface area contributed by atoms with Crippen LogP contribution >= 0.6 is 0 Å². The number of ether oxygens (including phenoxy) is 1. The van der Waals surface area contributed by atoms with Gasteiger partial charge in [0.05, 0.1) is 0 Å². The number of rotatable bonds is 0. The van der Waals surface area contributed by atoms with E-state index in [0.717, 1.165) is 0 Å². The Balaban J connectivity index is 3.56. The van der Waals surface area contributed by atoms with Crippen LogP contribution in [0.25, 0.3) is 0 Å². The van der Waals surface area contributed by atoms with Gasteiger partial charge in [0.15, 0.2) is 5.90 Å². The number of carbonyl (C=O) groups is 1. The van der Waals surface area contributed by atoms with Crippen LogP contribution in [0.5, 0.6) is 0 Å². The first-order chi connectivity index (χ1) is 3.66. The van der Waals surface area contributed by atoms with Gasteiger partial charge in [-0.2, -0.15) is 0 Å². The van der Waals surface area contributed by atoms with Crippen LogP contribution in [0, 0.1) is 0 Å². The highest BCUT2D eigenvalue weighted by molar-refractivity contribution is 5.85. The fourth-order valence-electron chi connectivity index (χ4n) is 0.191. The Morgan fingerprint density at radius 1 is 1.75 bits per heavy atom. The largest absolute Gasteiger partial charge is 0.411 e. The number of carbonyl (C=O) groups excluding carboxylic acids is 1. The molecule has 0 spiro atoms. The van der Waals surface area contributed by atoms with Gasteiger partial charge < -0.3 is 10.5 Å². The molecular formula is C4H8N2O2. The quantitative estimate of drug-likeness (QED) is 0.361. The monoisotopic (exact) mass is 116 g/mol. The van der Waals surface area contributed by atoms with Crippen LogP contribution in [0.4, 0.5) is 4.79 Å². The molecule has 0 rings (SSSR count). The molecule has 0 aliphatic heterocycles. The van der Waals surface area contributed by atoms with Crippen LogP contribution in [-0.2, 0) is 4.74 Å². The molecule has 0 radical (unpaired) electrons. The van der Waals surface area contributed by atoms with Crippen molar-refractivity contribution >= 4 is 12.0 Å². The summed E-state index contributed by atoms with van der Waals surface area (Å²) in [5, 5.41) is 0. The van der Waals surface area contributed by atoms with Crippen LogP contribution in [0.3, 0.4) is 0 Å². The molecule has 4 nitrogen and oxygen atoms in total. The molecule has 0 aromatic heterocycles. The summed E-state index contributed by atoms with van der Waals surface area (Å²) in [5.74, 6) is 0.275. The summed E-state index contributed by atoms with van der Waals surface area (Å²) in [6.45, 7) is 1.55. The van der Waals surface area contributed by atoms with Crippen molar-refractivity contribution in [2.24, 2.45) is 10.7 Å². The number of hydrogen-bond donors (Lipinski definition) is 1. The van der Waals surface area contributed by atoms with E-state index in [1.807, 2.05) is 0 Å². The predicted octanol–water partition coefficient (Wildman–Crippen LogP) is 0.130. The van der Waals surface area contributed by atoms with Crippen LogP contribution in [0.15, 0.2) is 4.99 Å². The molecule has 0 fully saturated rings. The maximum absolute atomic E-state index is 9.89. The summed E-state index contributed by atoms with van der Waals surface area (Å²) < 4.78 is 4.29. The zero-order valence-electron chi connectivity index (χ0n) is 4.84. The number of amides is 1. The van der Waals surface area contributed by atoms with E-state index in [1.54, 1.807) is 6.92 Å². The molecule has 0 aliphatic rings. The minimum absolute atomic E-state index is 0.275. The van der Waals surface area contributed by atoms with Crippen LogP contribution < -0.4 is 5.73 Å². The molecule has 0 aromatic carbocycles. The van der Waals surface area contributed by atoms with Gasteiger partial charge in [-0.15, -0.1) is 0 Å². The number of nitrogens with zero attached hydrogens (tertiary/aromatic N) is 1. The number of aliphatic imine (C=N–C) groups is 1. The molecule has 0 unspecified atom stereocenters. The third kappa shape index (κ3) is 3.14. The van der Waals surface area contributed by atoms with E-state index in [0.29, 0.717) is 0 Å². The SMILES string of the molecule is C/N=C(\C)OC(N)=O. The normalized spacial score (nSPS) is 11.0. The molecule has 4 heteroatoms. The van der Waals surface area contributed by atoms with E-state index >= 15 is 0 Å². The van der Waals surface area contributed by atoms with Gasteiger partial charge in [0.2, 0.25) is 0 Å². The standard InChI is InChI=1S/C4H8N2O2/c1-3(6-2)8-4(5)7/h1-2H3,(H2,5,7)/b6-3+. The van der Waals surface area contributed by atoms with Crippen molar-refractivity contribution in [3.05, 3.63) is 0 Å². The Morgan fingerprint density at radius 3 is 2.38 bits per heavy atom. The fourth-order valence-corrected chi connectivity index (χ4v) is 0.191. The Labute approximate surface area is 47.3 Å². The topological polar surface area (TPSA) is 64.7 Å². The van der Waals surface area contributed by atoms with Gasteiger partial charge in [-0.25, -0.2) is 4.79 Å². The molecule has 8 heavy (non-hydrogen) atoms. The smallest absolute Gasteiger partial charge is 0.396 e. The molecular weight excluding hydrogens is 108 g/mol. The maximum atomic E-state index is 9.89. The van der Waals surface area contributed by atoms with Crippen molar-refractivity contribution in [1.29, 1.82) is 0 Å². The Hall–Kier alpha value is -1.06. The van der Waals surface area contributed by atoms with E-state index in [2.05, 4.69) is 15.5 Å². The lowest BCUT2D eigenvalue weighted by molar-refractivity contribution is 0.207. The Kier molecular flexibility index (Phi) is 2.61. The van der Waals surface area contributed by atoms with Crippen molar-refractivity contribution < 1.29 is 9.53 Å².